The minimum absolute atomic E-state index is 0.00694. The molecule has 0 bridgehead atoms. The van der Waals surface area contributed by atoms with E-state index in [1.54, 1.807) is 6.92 Å². The first-order chi connectivity index (χ1) is 4.70. The molecule has 0 radical (unpaired) electrons. The summed E-state index contributed by atoms with van der Waals surface area (Å²) in [6.45, 7) is 1.66. The van der Waals surface area contributed by atoms with E-state index in [2.05, 4.69) is 15.0 Å². The number of nitrogens with two attached hydrogens (primary N) is 1. The van der Waals surface area contributed by atoms with E-state index in [4.69, 9.17) is 5.73 Å². The van der Waals surface area contributed by atoms with Crippen LogP contribution in [0.2, 0.25) is 0 Å². The van der Waals surface area contributed by atoms with Crippen LogP contribution in [0.15, 0.2) is 6.33 Å². The topological polar surface area (TPSA) is 81.8 Å². The second-order valence-electron chi connectivity index (χ2n) is 1.72. The highest BCUT2D eigenvalue weighted by Gasteiger charge is 2.01. The standard InChI is InChI=1S/C5H6N4O/c1-3-7-2-8-5(9-3)4(6)10/h2H,1H3,(H2,6,10). The van der Waals surface area contributed by atoms with E-state index >= 15 is 0 Å². The van der Waals surface area contributed by atoms with Crippen LogP contribution in [-0.2, 0) is 0 Å². The van der Waals surface area contributed by atoms with E-state index in [0.717, 1.165) is 0 Å². The lowest BCUT2D eigenvalue weighted by atomic mass is 10.5. The Morgan fingerprint density at radius 2 is 2.30 bits per heavy atom. The van der Waals surface area contributed by atoms with Crippen LogP contribution in [0, 0.1) is 6.92 Å². The van der Waals surface area contributed by atoms with Crippen molar-refractivity contribution in [2.24, 2.45) is 5.73 Å². The molecular weight excluding hydrogens is 132 g/mol. The van der Waals surface area contributed by atoms with Crippen LogP contribution in [0.1, 0.15) is 16.4 Å². The highest BCUT2D eigenvalue weighted by molar-refractivity contribution is 5.88. The molecule has 0 spiro atoms. The number of aromatic nitrogens is 3. The molecule has 1 heterocycles. The molecule has 0 atom stereocenters. The van der Waals surface area contributed by atoms with Crippen molar-refractivity contribution in [2.75, 3.05) is 0 Å². The molecule has 0 saturated heterocycles. The van der Waals surface area contributed by atoms with Crippen molar-refractivity contribution in [3.8, 4) is 0 Å². The lowest BCUT2D eigenvalue weighted by molar-refractivity contribution is 0.0990. The van der Waals surface area contributed by atoms with Gasteiger partial charge in [-0.3, -0.25) is 4.79 Å². The monoisotopic (exact) mass is 138 g/mol. The normalized spacial score (nSPS) is 9.30. The molecular formula is C5H6N4O. The summed E-state index contributed by atoms with van der Waals surface area (Å²) in [5.41, 5.74) is 4.89. The third kappa shape index (κ3) is 1.25. The summed E-state index contributed by atoms with van der Waals surface area (Å²) in [5.74, 6) is -0.137. The smallest absolute Gasteiger partial charge is 0.286 e. The van der Waals surface area contributed by atoms with Crippen LogP contribution in [0.5, 0.6) is 0 Å². The summed E-state index contributed by atoms with van der Waals surface area (Å²) in [6, 6.07) is 0. The maximum atomic E-state index is 10.4. The molecule has 0 fully saturated rings. The summed E-state index contributed by atoms with van der Waals surface area (Å²) in [4.78, 5) is 21.3. The Morgan fingerprint density at radius 1 is 1.60 bits per heavy atom. The molecule has 2 N–H and O–H groups in total. The SMILES string of the molecule is Cc1ncnc(C(N)=O)n1. The van der Waals surface area contributed by atoms with E-state index < -0.39 is 5.91 Å². The first-order valence-electron chi connectivity index (χ1n) is 2.65. The Hall–Kier alpha value is -1.52. The van der Waals surface area contributed by atoms with Gasteiger partial charge in [-0.15, -0.1) is 0 Å². The lowest BCUT2D eigenvalue weighted by Gasteiger charge is -1.91. The van der Waals surface area contributed by atoms with E-state index in [0.29, 0.717) is 5.82 Å². The molecule has 52 valence electrons. The maximum absolute atomic E-state index is 10.4. The van der Waals surface area contributed by atoms with Gasteiger partial charge in [0.2, 0.25) is 5.82 Å². The second-order valence-corrected chi connectivity index (χ2v) is 1.72. The van der Waals surface area contributed by atoms with Crippen molar-refractivity contribution < 1.29 is 4.79 Å². The first-order valence-corrected chi connectivity index (χ1v) is 2.65. The van der Waals surface area contributed by atoms with Gasteiger partial charge in [0.1, 0.15) is 12.2 Å². The molecule has 5 heteroatoms. The third-order valence-corrected chi connectivity index (χ3v) is 0.913. The van der Waals surface area contributed by atoms with E-state index in [9.17, 15) is 4.79 Å². The molecule has 1 aromatic rings. The fraction of sp³-hybridized carbons (Fsp3) is 0.200. The average Bonchev–Trinajstić information content (AvgIpc) is 1.88. The molecule has 0 aliphatic carbocycles. The van der Waals surface area contributed by atoms with Crippen molar-refractivity contribution in [1.29, 1.82) is 0 Å². The number of hydrogen-bond donors (Lipinski definition) is 1. The molecule has 0 aromatic carbocycles. The minimum Gasteiger partial charge on any atom is -0.363 e. The van der Waals surface area contributed by atoms with E-state index in [-0.39, 0.29) is 5.82 Å². The highest BCUT2D eigenvalue weighted by Crippen LogP contribution is 1.86. The van der Waals surface area contributed by atoms with Gasteiger partial charge in [0, 0.05) is 0 Å². The quantitative estimate of drug-likeness (QED) is 0.555. The van der Waals surface area contributed by atoms with Crippen molar-refractivity contribution >= 4 is 5.91 Å². The van der Waals surface area contributed by atoms with Crippen molar-refractivity contribution in [2.45, 2.75) is 6.92 Å². The zero-order chi connectivity index (χ0) is 7.56. The molecule has 0 saturated carbocycles. The van der Waals surface area contributed by atoms with Crippen molar-refractivity contribution in [3.63, 3.8) is 0 Å². The van der Waals surface area contributed by atoms with Gasteiger partial charge < -0.3 is 5.73 Å². The van der Waals surface area contributed by atoms with Gasteiger partial charge in [0.25, 0.3) is 5.91 Å². The zero-order valence-electron chi connectivity index (χ0n) is 5.40. The van der Waals surface area contributed by atoms with Crippen LogP contribution in [-0.4, -0.2) is 20.9 Å². The van der Waals surface area contributed by atoms with Gasteiger partial charge >= 0.3 is 0 Å². The Bertz CT molecular complexity index is 260. The number of amides is 1. The molecule has 1 aromatic heterocycles. The number of nitrogens with zero attached hydrogens (tertiary/aromatic N) is 3. The maximum Gasteiger partial charge on any atom is 0.286 e. The number of primary amides is 1. The van der Waals surface area contributed by atoms with Crippen molar-refractivity contribution in [3.05, 3.63) is 18.0 Å². The molecule has 0 unspecified atom stereocenters. The first kappa shape index (κ1) is 6.60. The van der Waals surface area contributed by atoms with Gasteiger partial charge in [-0.1, -0.05) is 0 Å². The molecule has 0 aliphatic heterocycles. The molecule has 10 heavy (non-hydrogen) atoms. The molecule has 1 amide bonds. The number of aryl methyl sites for hydroxylation is 1. The van der Waals surface area contributed by atoms with Crippen molar-refractivity contribution in [1.82, 2.24) is 15.0 Å². The van der Waals surface area contributed by atoms with Gasteiger partial charge in [0.15, 0.2) is 0 Å². The Labute approximate surface area is 57.3 Å². The Morgan fingerprint density at radius 3 is 2.70 bits per heavy atom. The summed E-state index contributed by atoms with van der Waals surface area (Å²) >= 11 is 0. The Kier molecular flexibility index (Phi) is 1.57. The Balaban J connectivity index is 3.07. The number of hydrogen-bond acceptors (Lipinski definition) is 4. The summed E-state index contributed by atoms with van der Waals surface area (Å²) in [5, 5.41) is 0. The summed E-state index contributed by atoms with van der Waals surface area (Å²) < 4.78 is 0. The molecule has 0 aliphatic rings. The van der Waals surface area contributed by atoms with Crippen LogP contribution < -0.4 is 5.73 Å². The highest BCUT2D eigenvalue weighted by atomic mass is 16.1. The van der Waals surface area contributed by atoms with Gasteiger partial charge in [0.05, 0.1) is 0 Å². The fourth-order valence-electron chi connectivity index (χ4n) is 0.497. The predicted octanol–water partition coefficient (Wildman–Crippen LogP) is -0.721. The van der Waals surface area contributed by atoms with Crippen LogP contribution >= 0.6 is 0 Å². The average molecular weight is 138 g/mol. The second kappa shape index (κ2) is 2.38. The van der Waals surface area contributed by atoms with Gasteiger partial charge in [-0.2, -0.15) is 0 Å². The lowest BCUT2D eigenvalue weighted by Crippen LogP contribution is -2.15. The number of carbonyl (C=O) groups is 1. The predicted molar refractivity (Wildman–Crippen MR) is 33.1 cm³/mol. The van der Waals surface area contributed by atoms with Crippen LogP contribution in [0.4, 0.5) is 0 Å². The zero-order valence-corrected chi connectivity index (χ0v) is 5.40. The van der Waals surface area contributed by atoms with E-state index in [1.807, 2.05) is 0 Å². The summed E-state index contributed by atoms with van der Waals surface area (Å²) in [7, 11) is 0. The van der Waals surface area contributed by atoms with Crippen LogP contribution in [0.3, 0.4) is 0 Å². The van der Waals surface area contributed by atoms with Crippen LogP contribution in [0.25, 0.3) is 0 Å². The third-order valence-electron chi connectivity index (χ3n) is 0.913. The fourth-order valence-corrected chi connectivity index (χ4v) is 0.497. The van der Waals surface area contributed by atoms with E-state index in [1.165, 1.54) is 6.33 Å². The number of rotatable bonds is 1. The van der Waals surface area contributed by atoms with Gasteiger partial charge in [-0.05, 0) is 6.92 Å². The molecule has 1 rings (SSSR count). The largest absolute Gasteiger partial charge is 0.363 e. The minimum atomic E-state index is -0.634. The number of carbonyl (C=O) groups excluding carboxylic acids is 1. The van der Waals surface area contributed by atoms with Gasteiger partial charge in [-0.25, -0.2) is 15.0 Å². The summed E-state index contributed by atoms with van der Waals surface area (Å²) in [6.07, 6.45) is 1.25. The molecule has 5 nitrogen and oxygen atoms in total.